The fourth-order valence-corrected chi connectivity index (χ4v) is 2.84. The summed E-state index contributed by atoms with van der Waals surface area (Å²) < 4.78 is 0. The van der Waals surface area contributed by atoms with Crippen molar-refractivity contribution in [2.45, 2.75) is 25.8 Å². The van der Waals surface area contributed by atoms with Crippen molar-refractivity contribution in [2.75, 3.05) is 13.1 Å². The molecule has 5 heteroatoms. The zero-order valence-electron chi connectivity index (χ0n) is 13.6. The molecule has 0 spiro atoms. The van der Waals surface area contributed by atoms with Crippen LogP contribution in [0.25, 0.3) is 0 Å². The molecule has 124 valence electrons. The quantitative estimate of drug-likeness (QED) is 0.941. The monoisotopic (exact) mass is 323 g/mol. The summed E-state index contributed by atoms with van der Waals surface area (Å²) in [6.45, 7) is 2.01. The van der Waals surface area contributed by atoms with Crippen LogP contribution < -0.4 is 5.32 Å². The number of benzene rings is 1. The van der Waals surface area contributed by atoms with Crippen LogP contribution in [-0.2, 0) is 6.54 Å². The average Bonchev–Trinajstić information content (AvgIpc) is 2.67. The van der Waals surface area contributed by atoms with E-state index in [2.05, 4.69) is 10.3 Å². The van der Waals surface area contributed by atoms with Crippen LogP contribution >= 0.6 is 0 Å². The number of pyridine rings is 1. The lowest BCUT2D eigenvalue weighted by molar-refractivity contribution is 0.0724. The van der Waals surface area contributed by atoms with Gasteiger partial charge in [0.25, 0.3) is 11.8 Å². The number of hydrogen-bond acceptors (Lipinski definition) is 3. The van der Waals surface area contributed by atoms with Crippen molar-refractivity contribution in [1.29, 1.82) is 0 Å². The lowest BCUT2D eigenvalue weighted by Gasteiger charge is -2.26. The summed E-state index contributed by atoms with van der Waals surface area (Å²) in [6, 6.07) is 11.3. The zero-order chi connectivity index (χ0) is 16.8. The van der Waals surface area contributed by atoms with E-state index in [1.54, 1.807) is 6.07 Å². The van der Waals surface area contributed by atoms with Crippen LogP contribution in [0.3, 0.4) is 0 Å². The van der Waals surface area contributed by atoms with E-state index in [4.69, 9.17) is 0 Å². The molecule has 3 rings (SSSR count). The van der Waals surface area contributed by atoms with Gasteiger partial charge in [-0.15, -0.1) is 0 Å². The van der Waals surface area contributed by atoms with Gasteiger partial charge in [-0.25, -0.2) is 0 Å². The van der Waals surface area contributed by atoms with Gasteiger partial charge in [-0.3, -0.25) is 14.6 Å². The van der Waals surface area contributed by atoms with E-state index >= 15 is 0 Å². The molecule has 24 heavy (non-hydrogen) atoms. The fraction of sp³-hybridized carbons (Fsp3) is 0.316. The van der Waals surface area contributed by atoms with Gasteiger partial charge in [0.15, 0.2) is 0 Å². The minimum atomic E-state index is -0.223. The Hall–Kier alpha value is -2.69. The van der Waals surface area contributed by atoms with Gasteiger partial charge in [0.05, 0.1) is 11.1 Å². The maximum atomic E-state index is 12.5. The van der Waals surface area contributed by atoms with E-state index < -0.39 is 0 Å². The third-order valence-corrected chi connectivity index (χ3v) is 4.19. The van der Waals surface area contributed by atoms with Crippen molar-refractivity contribution in [1.82, 2.24) is 15.2 Å². The van der Waals surface area contributed by atoms with E-state index in [1.165, 1.54) is 18.8 Å². The maximum Gasteiger partial charge on any atom is 0.255 e. The highest BCUT2D eigenvalue weighted by Gasteiger charge is 2.19. The van der Waals surface area contributed by atoms with Gasteiger partial charge in [-0.2, -0.15) is 0 Å². The van der Waals surface area contributed by atoms with E-state index in [1.807, 2.05) is 35.2 Å². The third-order valence-electron chi connectivity index (χ3n) is 4.19. The molecule has 1 aliphatic rings. The molecule has 0 radical (unpaired) electrons. The number of rotatable bonds is 4. The number of aromatic nitrogens is 1. The summed E-state index contributed by atoms with van der Waals surface area (Å²) in [5.41, 5.74) is 1.91. The molecule has 5 nitrogen and oxygen atoms in total. The summed E-state index contributed by atoms with van der Waals surface area (Å²) in [5, 5.41) is 2.86. The molecule has 0 saturated carbocycles. The van der Waals surface area contributed by atoms with Crippen LogP contribution in [0.15, 0.2) is 48.8 Å². The third kappa shape index (κ3) is 3.98. The second-order valence-corrected chi connectivity index (χ2v) is 5.98. The average molecular weight is 323 g/mol. The number of carbonyl (C=O) groups excluding carboxylic acids is 2. The molecular formula is C19H21N3O2. The lowest BCUT2D eigenvalue weighted by atomic mass is 10.1. The number of amides is 2. The largest absolute Gasteiger partial charge is 0.348 e. The molecule has 1 aliphatic heterocycles. The normalized spacial score (nSPS) is 14.2. The summed E-state index contributed by atoms with van der Waals surface area (Å²) in [4.78, 5) is 30.7. The van der Waals surface area contributed by atoms with Crippen molar-refractivity contribution in [3.63, 3.8) is 0 Å². The van der Waals surface area contributed by atoms with Gasteiger partial charge in [-0.1, -0.05) is 30.3 Å². The van der Waals surface area contributed by atoms with E-state index in [0.29, 0.717) is 17.7 Å². The van der Waals surface area contributed by atoms with Crippen molar-refractivity contribution in [3.8, 4) is 0 Å². The van der Waals surface area contributed by atoms with Crippen LogP contribution in [-0.4, -0.2) is 34.8 Å². The number of likely N-dealkylation sites (tertiary alicyclic amines) is 1. The first-order valence-corrected chi connectivity index (χ1v) is 8.30. The molecule has 1 fully saturated rings. The second-order valence-electron chi connectivity index (χ2n) is 5.98. The first kappa shape index (κ1) is 16.2. The Bertz CT molecular complexity index is 710. The Kier molecular flexibility index (Phi) is 5.21. The van der Waals surface area contributed by atoms with Gasteiger partial charge in [0.2, 0.25) is 0 Å². The van der Waals surface area contributed by atoms with Gasteiger partial charge in [-0.05, 0) is 30.9 Å². The van der Waals surface area contributed by atoms with Crippen molar-refractivity contribution in [2.24, 2.45) is 0 Å². The topological polar surface area (TPSA) is 62.3 Å². The standard InChI is InChI=1S/C19H21N3O2/c23-18(21-12-15-7-3-1-4-8-15)16-11-17(14-20-13-16)19(24)22-9-5-2-6-10-22/h1,3-4,7-8,11,13-14H,2,5-6,9-10,12H2,(H,21,23). The maximum absolute atomic E-state index is 12.5. The zero-order valence-corrected chi connectivity index (χ0v) is 13.6. The molecule has 1 aromatic carbocycles. The fourth-order valence-electron chi connectivity index (χ4n) is 2.84. The molecule has 2 aromatic rings. The number of hydrogen-bond donors (Lipinski definition) is 1. The first-order chi connectivity index (χ1) is 11.7. The minimum Gasteiger partial charge on any atom is -0.348 e. The Morgan fingerprint density at radius 1 is 1.00 bits per heavy atom. The van der Waals surface area contributed by atoms with Crippen molar-refractivity contribution in [3.05, 3.63) is 65.5 Å². The first-order valence-electron chi connectivity index (χ1n) is 8.30. The van der Waals surface area contributed by atoms with E-state index in [9.17, 15) is 9.59 Å². The van der Waals surface area contributed by atoms with E-state index in [0.717, 1.165) is 31.5 Å². The molecule has 0 unspecified atom stereocenters. The Morgan fingerprint density at radius 3 is 2.46 bits per heavy atom. The Morgan fingerprint density at radius 2 is 1.71 bits per heavy atom. The molecular weight excluding hydrogens is 302 g/mol. The number of carbonyl (C=O) groups is 2. The molecule has 2 heterocycles. The van der Waals surface area contributed by atoms with Gasteiger partial charge >= 0.3 is 0 Å². The van der Waals surface area contributed by atoms with Crippen LogP contribution in [0.1, 0.15) is 45.5 Å². The molecule has 1 aromatic heterocycles. The summed E-state index contributed by atoms with van der Waals surface area (Å²) >= 11 is 0. The number of nitrogens with zero attached hydrogens (tertiary/aromatic N) is 2. The molecule has 1 saturated heterocycles. The molecule has 1 N–H and O–H groups in total. The molecule has 0 atom stereocenters. The van der Waals surface area contributed by atoms with Crippen molar-refractivity contribution >= 4 is 11.8 Å². The molecule has 2 amide bonds. The van der Waals surface area contributed by atoms with Gasteiger partial charge in [0.1, 0.15) is 0 Å². The number of piperidine rings is 1. The van der Waals surface area contributed by atoms with Crippen LogP contribution in [0, 0.1) is 0 Å². The van der Waals surface area contributed by atoms with Gasteiger partial charge in [0, 0.05) is 32.0 Å². The van der Waals surface area contributed by atoms with Crippen LogP contribution in [0.2, 0.25) is 0 Å². The lowest BCUT2D eigenvalue weighted by Crippen LogP contribution is -2.35. The molecule has 0 bridgehead atoms. The van der Waals surface area contributed by atoms with Crippen molar-refractivity contribution < 1.29 is 9.59 Å². The second kappa shape index (κ2) is 7.73. The predicted octanol–water partition coefficient (Wildman–Crippen LogP) is 2.64. The van der Waals surface area contributed by atoms with Crippen LogP contribution in [0.4, 0.5) is 0 Å². The Balaban J connectivity index is 1.65. The summed E-state index contributed by atoms with van der Waals surface area (Å²) in [6.07, 6.45) is 6.27. The summed E-state index contributed by atoms with van der Waals surface area (Å²) in [7, 11) is 0. The smallest absolute Gasteiger partial charge is 0.255 e. The predicted molar refractivity (Wildman–Crippen MR) is 91.6 cm³/mol. The highest BCUT2D eigenvalue weighted by molar-refractivity contribution is 5.99. The highest BCUT2D eigenvalue weighted by atomic mass is 16.2. The van der Waals surface area contributed by atoms with Gasteiger partial charge < -0.3 is 10.2 Å². The van der Waals surface area contributed by atoms with E-state index in [-0.39, 0.29) is 11.8 Å². The SMILES string of the molecule is O=C(NCc1ccccc1)c1cncc(C(=O)N2CCCCC2)c1. The minimum absolute atomic E-state index is 0.0418. The Labute approximate surface area is 141 Å². The molecule has 0 aliphatic carbocycles. The highest BCUT2D eigenvalue weighted by Crippen LogP contribution is 2.13. The van der Waals surface area contributed by atoms with Crippen LogP contribution in [0.5, 0.6) is 0 Å². The summed E-state index contributed by atoms with van der Waals surface area (Å²) in [5.74, 6) is -0.264. The number of nitrogens with one attached hydrogen (secondary N) is 1.